The lowest BCUT2D eigenvalue weighted by Crippen LogP contribution is -2.17. The molecule has 3 heteroatoms. The van der Waals surface area contributed by atoms with Gasteiger partial charge in [-0.05, 0) is 18.4 Å². The molecule has 1 aliphatic rings. The zero-order valence-electron chi connectivity index (χ0n) is 10.6. The fraction of sp³-hybridized carbons (Fsp3) is 0.400. The van der Waals surface area contributed by atoms with E-state index in [0.717, 1.165) is 13.0 Å². The SMILES string of the molecule is CCc1nc(CNC2CC2c2ccccc2)cs1. The maximum Gasteiger partial charge on any atom is 0.0926 e. The van der Waals surface area contributed by atoms with Crippen LogP contribution in [0.4, 0.5) is 0 Å². The second-order valence-corrected chi connectivity index (χ2v) is 5.77. The van der Waals surface area contributed by atoms with E-state index in [9.17, 15) is 0 Å². The Labute approximate surface area is 112 Å². The van der Waals surface area contributed by atoms with Crippen molar-refractivity contribution in [1.82, 2.24) is 10.3 Å². The van der Waals surface area contributed by atoms with E-state index in [2.05, 4.69) is 52.9 Å². The molecule has 0 amide bonds. The monoisotopic (exact) mass is 258 g/mol. The first-order valence-corrected chi connectivity index (χ1v) is 7.46. The summed E-state index contributed by atoms with van der Waals surface area (Å²) in [5.74, 6) is 0.704. The minimum absolute atomic E-state index is 0.638. The third kappa shape index (κ3) is 2.62. The number of thiazole rings is 1. The quantitative estimate of drug-likeness (QED) is 0.889. The lowest BCUT2D eigenvalue weighted by molar-refractivity contribution is 0.662. The first-order chi connectivity index (χ1) is 8.86. The molecule has 1 heterocycles. The summed E-state index contributed by atoms with van der Waals surface area (Å²) >= 11 is 1.77. The Balaban J connectivity index is 1.51. The van der Waals surface area contributed by atoms with Gasteiger partial charge < -0.3 is 5.32 Å². The van der Waals surface area contributed by atoms with Crippen LogP contribution in [-0.4, -0.2) is 11.0 Å². The molecule has 94 valence electrons. The van der Waals surface area contributed by atoms with Gasteiger partial charge in [-0.1, -0.05) is 37.3 Å². The lowest BCUT2D eigenvalue weighted by Gasteiger charge is -2.02. The van der Waals surface area contributed by atoms with Gasteiger partial charge >= 0.3 is 0 Å². The molecular formula is C15H18N2S. The molecule has 2 unspecified atom stereocenters. The van der Waals surface area contributed by atoms with Crippen molar-refractivity contribution in [3.63, 3.8) is 0 Å². The van der Waals surface area contributed by atoms with Crippen molar-refractivity contribution in [2.24, 2.45) is 0 Å². The number of rotatable bonds is 5. The van der Waals surface area contributed by atoms with Crippen molar-refractivity contribution in [1.29, 1.82) is 0 Å². The van der Waals surface area contributed by atoms with Gasteiger partial charge in [0.25, 0.3) is 0 Å². The van der Waals surface area contributed by atoms with Crippen LogP contribution in [0.5, 0.6) is 0 Å². The van der Waals surface area contributed by atoms with Crippen LogP contribution in [0.1, 0.15) is 35.5 Å². The highest BCUT2D eigenvalue weighted by Crippen LogP contribution is 2.40. The Morgan fingerprint density at radius 2 is 2.17 bits per heavy atom. The summed E-state index contributed by atoms with van der Waals surface area (Å²) in [6.07, 6.45) is 2.30. The highest BCUT2D eigenvalue weighted by atomic mass is 32.1. The van der Waals surface area contributed by atoms with E-state index in [1.807, 2.05) is 0 Å². The average molecular weight is 258 g/mol. The second-order valence-electron chi connectivity index (χ2n) is 4.83. The van der Waals surface area contributed by atoms with E-state index in [4.69, 9.17) is 0 Å². The van der Waals surface area contributed by atoms with E-state index in [-0.39, 0.29) is 0 Å². The number of hydrogen-bond donors (Lipinski definition) is 1. The van der Waals surface area contributed by atoms with Crippen molar-refractivity contribution in [3.8, 4) is 0 Å². The molecule has 1 aromatic heterocycles. The third-order valence-corrected chi connectivity index (χ3v) is 4.51. The minimum Gasteiger partial charge on any atom is -0.308 e. The Hall–Kier alpha value is -1.19. The number of benzene rings is 1. The Morgan fingerprint density at radius 3 is 2.89 bits per heavy atom. The number of nitrogens with one attached hydrogen (secondary N) is 1. The van der Waals surface area contributed by atoms with Crippen LogP contribution < -0.4 is 5.32 Å². The van der Waals surface area contributed by atoms with Gasteiger partial charge in [-0.3, -0.25) is 0 Å². The van der Waals surface area contributed by atoms with Crippen molar-refractivity contribution >= 4 is 11.3 Å². The van der Waals surface area contributed by atoms with Crippen LogP contribution >= 0.6 is 11.3 Å². The van der Waals surface area contributed by atoms with Gasteiger partial charge in [0.05, 0.1) is 10.7 Å². The molecule has 2 aromatic rings. The molecule has 1 N–H and O–H groups in total. The smallest absolute Gasteiger partial charge is 0.0926 e. The van der Waals surface area contributed by atoms with Crippen LogP contribution in [0.15, 0.2) is 35.7 Å². The zero-order valence-corrected chi connectivity index (χ0v) is 11.4. The molecule has 1 fully saturated rings. The summed E-state index contributed by atoms with van der Waals surface area (Å²) in [4.78, 5) is 4.58. The summed E-state index contributed by atoms with van der Waals surface area (Å²) in [5, 5.41) is 7.01. The van der Waals surface area contributed by atoms with Gasteiger partial charge in [0.2, 0.25) is 0 Å². The average Bonchev–Trinajstić information content (AvgIpc) is 3.06. The molecule has 2 nitrogen and oxygen atoms in total. The fourth-order valence-electron chi connectivity index (χ4n) is 2.32. The van der Waals surface area contributed by atoms with Gasteiger partial charge in [0.1, 0.15) is 0 Å². The van der Waals surface area contributed by atoms with Crippen LogP contribution in [0, 0.1) is 0 Å². The molecule has 0 saturated heterocycles. The van der Waals surface area contributed by atoms with Gasteiger partial charge in [-0.25, -0.2) is 4.98 Å². The number of hydrogen-bond acceptors (Lipinski definition) is 3. The number of aryl methyl sites for hydroxylation is 1. The van der Waals surface area contributed by atoms with Crippen molar-refractivity contribution in [2.75, 3.05) is 0 Å². The van der Waals surface area contributed by atoms with E-state index in [1.165, 1.54) is 22.7 Å². The van der Waals surface area contributed by atoms with Crippen molar-refractivity contribution in [3.05, 3.63) is 52.0 Å². The molecule has 1 aromatic carbocycles. The standard InChI is InChI=1S/C15H18N2S/c1-2-15-17-12(10-18-15)9-16-14-8-13(14)11-6-4-3-5-7-11/h3-7,10,13-14,16H,2,8-9H2,1H3. The third-order valence-electron chi connectivity index (χ3n) is 3.47. The Bertz CT molecular complexity index is 506. The van der Waals surface area contributed by atoms with Crippen LogP contribution in [0.25, 0.3) is 0 Å². The van der Waals surface area contributed by atoms with E-state index in [1.54, 1.807) is 11.3 Å². The van der Waals surface area contributed by atoms with E-state index in [0.29, 0.717) is 12.0 Å². The van der Waals surface area contributed by atoms with Gasteiger partial charge in [-0.15, -0.1) is 11.3 Å². The molecule has 0 radical (unpaired) electrons. The summed E-state index contributed by atoms with van der Waals surface area (Å²) in [7, 11) is 0. The molecule has 1 aliphatic carbocycles. The molecular weight excluding hydrogens is 240 g/mol. The normalized spacial score (nSPS) is 22.1. The first kappa shape index (κ1) is 11.9. The van der Waals surface area contributed by atoms with Gasteiger partial charge in [0.15, 0.2) is 0 Å². The second kappa shape index (κ2) is 5.21. The Morgan fingerprint density at radius 1 is 1.33 bits per heavy atom. The predicted molar refractivity (Wildman–Crippen MR) is 75.9 cm³/mol. The van der Waals surface area contributed by atoms with E-state index < -0.39 is 0 Å². The number of nitrogens with zero attached hydrogens (tertiary/aromatic N) is 1. The Kier molecular flexibility index (Phi) is 3.43. The highest BCUT2D eigenvalue weighted by molar-refractivity contribution is 7.09. The highest BCUT2D eigenvalue weighted by Gasteiger charge is 2.37. The van der Waals surface area contributed by atoms with Gasteiger partial charge in [0, 0.05) is 23.9 Å². The maximum atomic E-state index is 4.58. The van der Waals surface area contributed by atoms with Crippen LogP contribution in [0.3, 0.4) is 0 Å². The summed E-state index contributed by atoms with van der Waals surface area (Å²) < 4.78 is 0. The van der Waals surface area contributed by atoms with E-state index >= 15 is 0 Å². The zero-order chi connectivity index (χ0) is 12.4. The van der Waals surface area contributed by atoms with Crippen molar-refractivity contribution in [2.45, 2.75) is 38.3 Å². The molecule has 18 heavy (non-hydrogen) atoms. The molecule has 0 bridgehead atoms. The van der Waals surface area contributed by atoms with Crippen LogP contribution in [-0.2, 0) is 13.0 Å². The largest absolute Gasteiger partial charge is 0.308 e. The lowest BCUT2D eigenvalue weighted by atomic mass is 10.1. The predicted octanol–water partition coefficient (Wildman–Crippen LogP) is 3.35. The molecule has 1 saturated carbocycles. The summed E-state index contributed by atoms with van der Waals surface area (Å²) in [6.45, 7) is 3.06. The first-order valence-electron chi connectivity index (χ1n) is 6.58. The fourth-order valence-corrected chi connectivity index (χ4v) is 3.06. The molecule has 0 aliphatic heterocycles. The molecule has 0 spiro atoms. The number of aromatic nitrogens is 1. The molecule has 3 rings (SSSR count). The van der Waals surface area contributed by atoms with Crippen molar-refractivity contribution < 1.29 is 0 Å². The van der Waals surface area contributed by atoms with Crippen LogP contribution in [0.2, 0.25) is 0 Å². The minimum atomic E-state index is 0.638. The molecule has 2 atom stereocenters. The summed E-state index contributed by atoms with van der Waals surface area (Å²) in [5.41, 5.74) is 2.65. The topological polar surface area (TPSA) is 24.9 Å². The maximum absolute atomic E-state index is 4.58. The van der Waals surface area contributed by atoms with Gasteiger partial charge in [-0.2, -0.15) is 0 Å². The summed E-state index contributed by atoms with van der Waals surface area (Å²) in [6, 6.07) is 11.4.